The van der Waals surface area contributed by atoms with E-state index in [9.17, 15) is 27.5 Å². The van der Waals surface area contributed by atoms with Crippen LogP contribution in [-0.2, 0) is 30.6 Å². The van der Waals surface area contributed by atoms with Crippen LogP contribution >= 0.6 is 0 Å². The van der Waals surface area contributed by atoms with Gasteiger partial charge >= 0.3 is 12.1 Å². The van der Waals surface area contributed by atoms with Crippen molar-refractivity contribution in [1.82, 2.24) is 19.4 Å². The number of carboxylic acids is 1. The van der Waals surface area contributed by atoms with Gasteiger partial charge in [-0.3, -0.25) is 4.90 Å². The molecule has 4 aliphatic rings. The van der Waals surface area contributed by atoms with E-state index in [0.717, 1.165) is 67.2 Å². The average Bonchev–Trinajstić information content (AvgIpc) is 3.28. The molecule has 0 amide bonds. The van der Waals surface area contributed by atoms with E-state index in [0.29, 0.717) is 31.2 Å². The lowest BCUT2D eigenvalue weighted by Crippen LogP contribution is -2.96. The molecule has 4 fully saturated rings. The van der Waals surface area contributed by atoms with Crippen LogP contribution < -0.4 is 9.64 Å². The van der Waals surface area contributed by atoms with Crippen LogP contribution in [-0.4, -0.2) is 67.4 Å². The first-order valence-corrected chi connectivity index (χ1v) is 14.9. The molecule has 2 aromatic carbocycles. The number of fused-ring (bicyclic) bond motifs is 1. The number of rotatable bonds is 9. The molecule has 9 nitrogen and oxygen atoms in total. The van der Waals surface area contributed by atoms with E-state index in [2.05, 4.69) is 19.4 Å². The second kappa shape index (κ2) is 10.1. The number of aromatic nitrogens is 3. The van der Waals surface area contributed by atoms with Crippen molar-refractivity contribution in [3.63, 3.8) is 0 Å². The summed E-state index contributed by atoms with van der Waals surface area (Å²) in [6, 6.07) is 13.4. The molecule has 45 heavy (non-hydrogen) atoms. The Balaban J connectivity index is 0.973. The number of benzene rings is 2. The van der Waals surface area contributed by atoms with Crippen molar-refractivity contribution in [1.29, 1.82) is 0 Å². The van der Waals surface area contributed by atoms with Gasteiger partial charge in [-0.15, -0.1) is 0 Å². The Morgan fingerprint density at radius 1 is 1.09 bits per heavy atom. The van der Waals surface area contributed by atoms with Gasteiger partial charge in [0.1, 0.15) is 24.1 Å². The van der Waals surface area contributed by atoms with Crippen molar-refractivity contribution in [3.8, 4) is 5.88 Å². The van der Waals surface area contributed by atoms with Crippen molar-refractivity contribution >= 4 is 22.8 Å². The highest BCUT2D eigenvalue weighted by Crippen LogP contribution is 2.61. The molecule has 5 heterocycles. The highest BCUT2D eigenvalue weighted by molar-refractivity contribution is 5.92. The normalized spacial score (nSPS) is 25.4. The molecule has 3 aliphatic heterocycles. The number of anilines is 1. The first-order valence-electron chi connectivity index (χ1n) is 14.9. The van der Waals surface area contributed by atoms with E-state index < -0.39 is 23.5 Å². The summed E-state index contributed by atoms with van der Waals surface area (Å²) in [5.41, 5.74) is 0.729. The molecule has 234 valence electrons. The minimum atomic E-state index is -4.62. The van der Waals surface area contributed by atoms with Gasteiger partial charge in [0.2, 0.25) is 5.88 Å². The highest BCUT2D eigenvalue weighted by atomic mass is 19.4. The van der Waals surface area contributed by atoms with Crippen LogP contribution in [0.4, 0.5) is 23.4 Å². The number of likely N-dealkylation sites (tertiary alicyclic amines) is 1. The summed E-state index contributed by atoms with van der Waals surface area (Å²) in [6.45, 7) is 2.52. The van der Waals surface area contributed by atoms with Crippen LogP contribution in [0.25, 0.3) is 11.0 Å². The lowest BCUT2D eigenvalue weighted by molar-refractivity contribution is -0.192. The number of hydrogen-bond acceptors (Lipinski definition) is 7. The fraction of sp³-hybridized carbons (Fsp3) is 0.406. The minimum Gasteiger partial charge on any atom is -0.478 e. The van der Waals surface area contributed by atoms with Crippen LogP contribution in [0.2, 0.25) is 0 Å². The summed E-state index contributed by atoms with van der Waals surface area (Å²) >= 11 is 0. The van der Waals surface area contributed by atoms with E-state index in [1.807, 2.05) is 12.1 Å². The van der Waals surface area contributed by atoms with Crippen LogP contribution in [0.5, 0.6) is 5.88 Å². The van der Waals surface area contributed by atoms with Gasteiger partial charge in [0.25, 0.3) is 0 Å². The number of carboxylic acid groups (broad SMARTS) is 1. The molecule has 1 saturated carbocycles. The molecule has 1 N–H and O–H groups in total. The number of alkyl halides is 3. The molecule has 0 radical (unpaired) electrons. The van der Waals surface area contributed by atoms with Gasteiger partial charge < -0.3 is 24.0 Å². The third-order valence-electron chi connectivity index (χ3n) is 9.95. The third kappa shape index (κ3) is 4.46. The molecule has 1 aliphatic carbocycles. The Labute approximate surface area is 255 Å². The van der Waals surface area contributed by atoms with Crippen LogP contribution in [0.15, 0.2) is 54.6 Å². The Morgan fingerprint density at radius 2 is 1.93 bits per heavy atom. The molecule has 8 rings (SSSR count). The van der Waals surface area contributed by atoms with Crippen molar-refractivity contribution in [2.45, 2.75) is 68.9 Å². The number of piperidine rings is 1. The second-order valence-electron chi connectivity index (χ2n) is 12.2. The minimum absolute atomic E-state index is 0.0144. The standard InChI is InChI=1S/C32H29F4N5O4/c33-22-13-20(32(34,35)36)6-4-19(22)17-45-29-3-1-2-27(38-29)41-15-26-31(41)10-8-25(31)40(26)16-28-37-23-7-5-18(30(42)43)12-24(23)39(28)14-21-9-11-44-21/h1-7,12-13,21,25-26H,8-11,14-17H2,(H,42,43)/t21-,25?,26?,31?/m0/s1. The largest absolute Gasteiger partial charge is 0.478 e. The first-order chi connectivity index (χ1) is 21.6. The van der Waals surface area contributed by atoms with Gasteiger partial charge in [0.15, 0.2) is 0 Å². The SMILES string of the molecule is O=C(O)c1ccc2nc(CN3C4CCC45C3CN5c3cccc(OCc4ccc(C(F)(F)F)cc4F)n3)n(C[C@@H]3CCO3)c2c1. The smallest absolute Gasteiger partial charge is 0.416 e. The van der Waals surface area contributed by atoms with Gasteiger partial charge in [-0.1, -0.05) is 12.1 Å². The van der Waals surface area contributed by atoms with Gasteiger partial charge in [-0.25, -0.2) is 14.2 Å². The first kappa shape index (κ1) is 28.3. The summed E-state index contributed by atoms with van der Waals surface area (Å²) in [4.78, 5) is 26.0. The van der Waals surface area contributed by atoms with E-state index in [-0.39, 0.29) is 35.3 Å². The van der Waals surface area contributed by atoms with Gasteiger partial charge in [-0.05, 0) is 55.7 Å². The maximum atomic E-state index is 14.3. The monoisotopic (exact) mass is 623 g/mol. The zero-order chi connectivity index (χ0) is 31.1. The topological polar surface area (TPSA) is 93.0 Å². The summed E-state index contributed by atoms with van der Waals surface area (Å²) in [7, 11) is 0. The molecule has 3 saturated heterocycles. The number of pyridine rings is 1. The molecule has 4 aromatic rings. The number of carbonyl (C=O) groups is 1. The molecule has 4 atom stereocenters. The van der Waals surface area contributed by atoms with Crippen molar-refractivity contribution < 1.29 is 36.9 Å². The number of imidazole rings is 1. The Morgan fingerprint density at radius 3 is 2.60 bits per heavy atom. The number of aromatic carboxylic acids is 1. The predicted molar refractivity (Wildman–Crippen MR) is 153 cm³/mol. The maximum absolute atomic E-state index is 14.3. The van der Waals surface area contributed by atoms with Crippen molar-refractivity contribution in [2.24, 2.45) is 0 Å². The molecule has 3 unspecified atom stereocenters. The zero-order valence-corrected chi connectivity index (χ0v) is 24.0. The van der Waals surface area contributed by atoms with Crippen molar-refractivity contribution in [2.75, 3.05) is 18.1 Å². The summed E-state index contributed by atoms with van der Waals surface area (Å²) in [5.74, 6) is -0.0418. The average molecular weight is 624 g/mol. The van der Waals surface area contributed by atoms with Crippen LogP contribution in [0, 0.1) is 5.82 Å². The number of ether oxygens (including phenoxy) is 2. The van der Waals surface area contributed by atoms with E-state index in [1.54, 1.807) is 24.3 Å². The lowest BCUT2D eigenvalue weighted by atomic mass is 9.52. The quantitative estimate of drug-likeness (QED) is 0.253. The zero-order valence-electron chi connectivity index (χ0n) is 24.0. The molecule has 13 heteroatoms. The van der Waals surface area contributed by atoms with Gasteiger partial charge in [-0.2, -0.15) is 18.2 Å². The Bertz CT molecular complexity index is 1820. The van der Waals surface area contributed by atoms with Crippen molar-refractivity contribution in [3.05, 3.63) is 82.9 Å². The fourth-order valence-electron chi connectivity index (χ4n) is 7.40. The number of hydrogen-bond donors (Lipinski definition) is 1. The third-order valence-corrected chi connectivity index (χ3v) is 9.95. The van der Waals surface area contributed by atoms with E-state index in [4.69, 9.17) is 14.5 Å². The predicted octanol–water partition coefficient (Wildman–Crippen LogP) is 5.26. The summed E-state index contributed by atoms with van der Waals surface area (Å²) < 4.78 is 66.5. The Kier molecular flexibility index (Phi) is 6.37. The number of nitrogens with zero attached hydrogens (tertiary/aromatic N) is 5. The molecular weight excluding hydrogens is 594 g/mol. The van der Waals surface area contributed by atoms with Gasteiger partial charge in [0.05, 0.1) is 52.9 Å². The van der Waals surface area contributed by atoms with E-state index in [1.165, 1.54) is 0 Å². The van der Waals surface area contributed by atoms with Crippen LogP contribution in [0.1, 0.15) is 46.6 Å². The lowest BCUT2D eigenvalue weighted by Gasteiger charge is -2.80. The Hall–Kier alpha value is -4.23. The summed E-state index contributed by atoms with van der Waals surface area (Å²) in [6.07, 6.45) is -1.51. The second-order valence-corrected chi connectivity index (χ2v) is 12.2. The van der Waals surface area contributed by atoms with E-state index >= 15 is 0 Å². The number of piperazine rings is 1. The fourth-order valence-corrected chi connectivity index (χ4v) is 7.40. The van der Waals surface area contributed by atoms with Gasteiger partial charge in [0, 0.05) is 30.8 Å². The maximum Gasteiger partial charge on any atom is 0.416 e. The molecular formula is C32H29F4N5O4. The summed E-state index contributed by atoms with van der Waals surface area (Å²) in [5, 5.41) is 9.55. The molecule has 0 bridgehead atoms. The molecule has 1 spiro atoms. The van der Waals surface area contributed by atoms with Crippen LogP contribution in [0.3, 0.4) is 0 Å². The number of halogens is 4. The highest BCUT2D eigenvalue weighted by Gasteiger charge is 2.75. The molecule has 2 aromatic heterocycles.